The van der Waals surface area contributed by atoms with Gasteiger partial charge in [-0.15, -0.1) is 0 Å². The molecule has 0 aliphatic rings. The van der Waals surface area contributed by atoms with Crippen LogP contribution in [0.1, 0.15) is 19.0 Å². The molecule has 0 bridgehead atoms. The smallest absolute Gasteiger partial charge is 0.248 e. The summed E-state index contributed by atoms with van der Waals surface area (Å²) >= 11 is 0. The van der Waals surface area contributed by atoms with E-state index in [0.29, 0.717) is 6.42 Å². The summed E-state index contributed by atoms with van der Waals surface area (Å²) in [7, 11) is 0. The summed E-state index contributed by atoms with van der Waals surface area (Å²) < 4.78 is 1.93. The number of hydrogen-bond acceptors (Lipinski definition) is 2. The number of fused-ring (bicyclic) bond motifs is 1. The van der Waals surface area contributed by atoms with E-state index in [4.69, 9.17) is 0 Å². The molecule has 0 aliphatic carbocycles. The Morgan fingerprint density at radius 1 is 1.44 bits per heavy atom. The van der Waals surface area contributed by atoms with Gasteiger partial charge >= 0.3 is 0 Å². The van der Waals surface area contributed by atoms with Gasteiger partial charge in [0, 0.05) is 24.2 Å². The minimum absolute atomic E-state index is 0.223. The number of rotatable bonds is 3. The second kappa shape index (κ2) is 4.18. The van der Waals surface area contributed by atoms with Crippen molar-refractivity contribution in [3.63, 3.8) is 0 Å². The summed E-state index contributed by atoms with van der Waals surface area (Å²) in [5.74, 6) is 0. The van der Waals surface area contributed by atoms with Crippen LogP contribution in [-0.2, 0) is 0 Å². The van der Waals surface area contributed by atoms with Gasteiger partial charge in [-0.3, -0.25) is 10.1 Å². The molecule has 0 saturated carbocycles. The van der Waals surface area contributed by atoms with Crippen LogP contribution in [0, 0.1) is 10.1 Å². The number of pyridine rings is 1. The van der Waals surface area contributed by atoms with E-state index in [1.165, 1.54) is 0 Å². The number of nitrogens with zero attached hydrogens (tertiary/aromatic N) is 2. The first-order chi connectivity index (χ1) is 7.72. The van der Waals surface area contributed by atoms with Crippen molar-refractivity contribution in [1.82, 2.24) is 4.40 Å². The maximum atomic E-state index is 10.7. The second-order valence-electron chi connectivity index (χ2n) is 3.50. The molecule has 0 amide bonds. The van der Waals surface area contributed by atoms with Crippen LogP contribution in [0.15, 0.2) is 42.2 Å². The third-order valence-corrected chi connectivity index (χ3v) is 2.50. The third-order valence-electron chi connectivity index (χ3n) is 2.50. The Morgan fingerprint density at radius 2 is 2.19 bits per heavy atom. The summed E-state index contributed by atoms with van der Waals surface area (Å²) in [4.78, 5) is 10.4. The first-order valence-electron chi connectivity index (χ1n) is 5.13. The molecule has 0 radical (unpaired) electrons. The summed E-state index contributed by atoms with van der Waals surface area (Å²) in [6, 6.07) is 9.62. The second-order valence-corrected chi connectivity index (χ2v) is 3.50. The average Bonchev–Trinajstić information content (AvgIpc) is 2.73. The molecule has 0 aliphatic heterocycles. The highest BCUT2D eigenvalue weighted by Gasteiger charge is 2.08. The van der Waals surface area contributed by atoms with Gasteiger partial charge in [-0.2, -0.15) is 0 Å². The van der Waals surface area contributed by atoms with Crippen LogP contribution in [0.5, 0.6) is 0 Å². The monoisotopic (exact) mass is 216 g/mol. The van der Waals surface area contributed by atoms with Gasteiger partial charge in [0.05, 0.1) is 10.6 Å². The van der Waals surface area contributed by atoms with E-state index in [1.54, 1.807) is 13.0 Å². The van der Waals surface area contributed by atoms with E-state index in [-0.39, 0.29) is 10.6 Å². The van der Waals surface area contributed by atoms with Crippen molar-refractivity contribution in [3.8, 4) is 0 Å². The zero-order valence-electron chi connectivity index (χ0n) is 8.96. The Kier molecular flexibility index (Phi) is 2.72. The Morgan fingerprint density at radius 3 is 2.88 bits per heavy atom. The molecule has 0 atom stereocenters. The van der Waals surface area contributed by atoms with Crippen LogP contribution >= 0.6 is 0 Å². The molecule has 0 aromatic carbocycles. The van der Waals surface area contributed by atoms with Crippen molar-refractivity contribution in [3.05, 3.63) is 58.0 Å². The van der Waals surface area contributed by atoms with Crippen molar-refractivity contribution < 1.29 is 4.92 Å². The van der Waals surface area contributed by atoms with Gasteiger partial charge in [-0.1, -0.05) is 13.0 Å². The minimum atomic E-state index is -0.331. The van der Waals surface area contributed by atoms with Gasteiger partial charge < -0.3 is 4.40 Å². The van der Waals surface area contributed by atoms with E-state index in [1.807, 2.05) is 40.9 Å². The first-order valence-corrected chi connectivity index (χ1v) is 5.13. The van der Waals surface area contributed by atoms with Gasteiger partial charge in [-0.25, -0.2) is 0 Å². The lowest BCUT2D eigenvalue weighted by Gasteiger charge is -2.01. The van der Waals surface area contributed by atoms with Crippen molar-refractivity contribution in [1.29, 1.82) is 0 Å². The van der Waals surface area contributed by atoms with E-state index >= 15 is 0 Å². The molecule has 2 heterocycles. The lowest BCUT2D eigenvalue weighted by Crippen LogP contribution is -1.98. The van der Waals surface area contributed by atoms with Crippen LogP contribution < -0.4 is 0 Å². The fourth-order valence-corrected chi connectivity index (χ4v) is 1.66. The Balaban J connectivity index is 2.55. The molecule has 4 nitrogen and oxygen atoms in total. The molecular weight excluding hydrogens is 204 g/mol. The molecule has 4 heteroatoms. The normalized spacial score (nSPS) is 11.9. The van der Waals surface area contributed by atoms with Gasteiger partial charge in [0.25, 0.3) is 0 Å². The van der Waals surface area contributed by atoms with Crippen LogP contribution in [0.25, 0.3) is 11.6 Å². The third kappa shape index (κ3) is 1.82. The van der Waals surface area contributed by atoms with Crippen molar-refractivity contribution in [2.75, 3.05) is 0 Å². The minimum Gasteiger partial charge on any atom is -0.317 e. The fourth-order valence-electron chi connectivity index (χ4n) is 1.66. The van der Waals surface area contributed by atoms with Crippen LogP contribution in [0.4, 0.5) is 0 Å². The van der Waals surface area contributed by atoms with Crippen LogP contribution in [-0.4, -0.2) is 9.32 Å². The van der Waals surface area contributed by atoms with Crippen LogP contribution in [0.2, 0.25) is 0 Å². The highest BCUT2D eigenvalue weighted by atomic mass is 16.6. The van der Waals surface area contributed by atoms with E-state index < -0.39 is 0 Å². The van der Waals surface area contributed by atoms with Crippen molar-refractivity contribution in [2.45, 2.75) is 13.3 Å². The van der Waals surface area contributed by atoms with Gasteiger partial charge in [-0.05, 0) is 24.3 Å². The highest BCUT2D eigenvalue weighted by Crippen LogP contribution is 2.13. The molecular formula is C12H12N2O2. The standard InChI is InChI=1S/C12H12N2O2/c1-2-10(14(15)16)9-12-6-3-5-11-7-4-8-13(11)12/h3-9H,2H2,1H3/b10-9+. The van der Waals surface area contributed by atoms with Crippen molar-refractivity contribution >= 4 is 11.6 Å². The predicted octanol–water partition coefficient (Wildman–Crippen LogP) is 2.97. The molecule has 82 valence electrons. The van der Waals surface area contributed by atoms with Crippen molar-refractivity contribution in [2.24, 2.45) is 0 Å². The summed E-state index contributed by atoms with van der Waals surface area (Å²) in [5.41, 5.74) is 2.09. The summed E-state index contributed by atoms with van der Waals surface area (Å²) in [6.45, 7) is 1.78. The molecule has 0 unspecified atom stereocenters. The highest BCUT2D eigenvalue weighted by molar-refractivity contribution is 5.56. The molecule has 0 saturated heterocycles. The number of nitro groups is 1. The van der Waals surface area contributed by atoms with Crippen LogP contribution in [0.3, 0.4) is 0 Å². The SMILES string of the molecule is CC/C(=C\c1cccc2cccn12)[N+](=O)[O-]. The predicted molar refractivity (Wildman–Crippen MR) is 62.7 cm³/mol. The molecule has 0 N–H and O–H groups in total. The molecule has 0 fully saturated rings. The largest absolute Gasteiger partial charge is 0.317 e. The molecule has 2 aromatic heterocycles. The Hall–Kier alpha value is -2.10. The maximum absolute atomic E-state index is 10.7. The quantitative estimate of drug-likeness (QED) is 0.585. The molecule has 16 heavy (non-hydrogen) atoms. The lowest BCUT2D eigenvalue weighted by atomic mass is 10.2. The summed E-state index contributed by atoms with van der Waals surface area (Å²) in [5, 5.41) is 10.7. The Labute approximate surface area is 93.0 Å². The molecule has 2 rings (SSSR count). The first kappa shape index (κ1) is 10.4. The molecule has 2 aromatic rings. The zero-order valence-corrected chi connectivity index (χ0v) is 8.96. The maximum Gasteiger partial charge on any atom is 0.248 e. The fraction of sp³-hybridized carbons (Fsp3) is 0.167. The lowest BCUT2D eigenvalue weighted by molar-refractivity contribution is -0.425. The number of hydrogen-bond donors (Lipinski definition) is 0. The number of allylic oxidation sites excluding steroid dienone is 1. The average molecular weight is 216 g/mol. The van der Waals surface area contributed by atoms with Gasteiger partial charge in [0.15, 0.2) is 0 Å². The van der Waals surface area contributed by atoms with Gasteiger partial charge in [0.1, 0.15) is 0 Å². The molecule has 0 spiro atoms. The number of aromatic nitrogens is 1. The van der Waals surface area contributed by atoms with E-state index in [0.717, 1.165) is 11.2 Å². The van der Waals surface area contributed by atoms with Gasteiger partial charge in [0.2, 0.25) is 5.70 Å². The zero-order chi connectivity index (χ0) is 11.5. The topological polar surface area (TPSA) is 47.5 Å². The summed E-state index contributed by atoms with van der Waals surface area (Å²) in [6.07, 6.45) is 3.94. The van der Waals surface area contributed by atoms with E-state index in [2.05, 4.69) is 0 Å². The Bertz CT molecular complexity index is 555. The van der Waals surface area contributed by atoms with E-state index in [9.17, 15) is 10.1 Å².